The summed E-state index contributed by atoms with van der Waals surface area (Å²) in [6.07, 6.45) is 4.30. The van der Waals surface area contributed by atoms with Gasteiger partial charge in [-0.25, -0.2) is 8.42 Å². The van der Waals surface area contributed by atoms with Crippen LogP contribution in [0.4, 0.5) is 0 Å². The van der Waals surface area contributed by atoms with Gasteiger partial charge >= 0.3 is 0 Å². The summed E-state index contributed by atoms with van der Waals surface area (Å²) >= 11 is 5.97. The van der Waals surface area contributed by atoms with E-state index in [0.29, 0.717) is 24.4 Å². The molecule has 150 valence electrons. The Morgan fingerprint density at radius 2 is 1.71 bits per heavy atom. The molecule has 3 rings (SSSR count). The molecule has 1 amide bonds. The Hall–Kier alpha value is -1.85. The molecule has 0 bridgehead atoms. The summed E-state index contributed by atoms with van der Waals surface area (Å²) in [5.41, 5.74) is 2.16. The molecule has 6 heteroatoms. The van der Waals surface area contributed by atoms with Gasteiger partial charge in [-0.15, -0.1) is 0 Å². The molecule has 0 radical (unpaired) electrons. The zero-order valence-corrected chi connectivity index (χ0v) is 17.4. The third-order valence-electron chi connectivity index (χ3n) is 5.51. The summed E-state index contributed by atoms with van der Waals surface area (Å²) < 4.78 is 24.5. The van der Waals surface area contributed by atoms with Crippen molar-refractivity contribution in [3.05, 3.63) is 70.7 Å². The minimum Gasteiger partial charge on any atom is -0.354 e. The third kappa shape index (κ3) is 5.58. The molecule has 28 heavy (non-hydrogen) atoms. The molecule has 0 spiro atoms. The first-order valence-electron chi connectivity index (χ1n) is 9.66. The molecule has 0 unspecified atom stereocenters. The van der Waals surface area contributed by atoms with E-state index in [0.717, 1.165) is 30.4 Å². The Labute approximate surface area is 172 Å². The van der Waals surface area contributed by atoms with E-state index < -0.39 is 21.5 Å². The average Bonchev–Trinajstić information content (AvgIpc) is 2.62. The van der Waals surface area contributed by atoms with Crippen LogP contribution in [-0.2, 0) is 26.5 Å². The largest absolute Gasteiger partial charge is 0.354 e. The van der Waals surface area contributed by atoms with Gasteiger partial charge in [-0.3, -0.25) is 4.79 Å². The van der Waals surface area contributed by atoms with Crippen molar-refractivity contribution in [1.29, 1.82) is 0 Å². The van der Waals surface area contributed by atoms with Gasteiger partial charge in [0.2, 0.25) is 5.91 Å². The standard InChI is InChI=1S/C22H26ClNO3S/c23-20-11-9-19(10-12-20)22(13-5-14-22)17-24-21(25)16-28(26,27)15-4-8-18-6-2-1-3-7-18/h1-3,6-7,9-12H,4-5,8,13-17H2,(H,24,25). The van der Waals surface area contributed by atoms with Crippen LogP contribution in [0.1, 0.15) is 36.8 Å². The van der Waals surface area contributed by atoms with Crippen LogP contribution in [0.15, 0.2) is 54.6 Å². The number of carbonyl (C=O) groups is 1. The summed E-state index contributed by atoms with van der Waals surface area (Å²) in [5, 5.41) is 3.54. The number of carbonyl (C=O) groups excluding carboxylic acids is 1. The van der Waals surface area contributed by atoms with Crippen molar-refractivity contribution >= 4 is 27.3 Å². The summed E-state index contributed by atoms with van der Waals surface area (Å²) in [4.78, 5) is 12.3. The van der Waals surface area contributed by atoms with Crippen molar-refractivity contribution in [3.8, 4) is 0 Å². The van der Waals surface area contributed by atoms with Gasteiger partial charge in [0.05, 0.1) is 5.75 Å². The monoisotopic (exact) mass is 419 g/mol. The normalized spacial score (nSPS) is 15.6. The number of sulfone groups is 1. The summed E-state index contributed by atoms with van der Waals surface area (Å²) in [6.45, 7) is 0.465. The van der Waals surface area contributed by atoms with Gasteiger partial charge in [0.25, 0.3) is 0 Å². The molecule has 0 atom stereocenters. The zero-order chi connectivity index (χ0) is 20.0. The highest BCUT2D eigenvalue weighted by atomic mass is 35.5. The molecule has 0 aromatic heterocycles. The predicted octanol–water partition coefficient (Wildman–Crippen LogP) is 3.93. The quantitative estimate of drug-likeness (QED) is 0.669. The molecule has 0 aliphatic heterocycles. The lowest BCUT2D eigenvalue weighted by Crippen LogP contribution is -2.46. The predicted molar refractivity (Wildman–Crippen MR) is 113 cm³/mol. The molecule has 2 aromatic carbocycles. The Balaban J connectivity index is 1.48. The van der Waals surface area contributed by atoms with Gasteiger partial charge in [-0.2, -0.15) is 0 Å². The first kappa shape index (κ1) is 20.9. The van der Waals surface area contributed by atoms with Crippen LogP contribution in [0.2, 0.25) is 5.02 Å². The Kier molecular flexibility index (Phi) is 6.78. The Morgan fingerprint density at radius 3 is 2.32 bits per heavy atom. The lowest BCUT2D eigenvalue weighted by atomic mass is 9.64. The number of nitrogens with one attached hydrogen (secondary N) is 1. The molecule has 2 aromatic rings. The highest BCUT2D eigenvalue weighted by molar-refractivity contribution is 7.92. The molecule has 1 aliphatic rings. The van der Waals surface area contributed by atoms with E-state index >= 15 is 0 Å². The summed E-state index contributed by atoms with van der Waals surface area (Å²) in [7, 11) is -3.41. The molecule has 1 fully saturated rings. The van der Waals surface area contributed by atoms with E-state index in [9.17, 15) is 13.2 Å². The SMILES string of the molecule is O=C(CS(=O)(=O)CCCc1ccccc1)NCC1(c2ccc(Cl)cc2)CCC1. The van der Waals surface area contributed by atoms with Gasteiger partial charge in [0.15, 0.2) is 9.84 Å². The number of hydrogen-bond acceptors (Lipinski definition) is 3. The van der Waals surface area contributed by atoms with Crippen molar-refractivity contribution in [2.24, 2.45) is 0 Å². The molecule has 4 nitrogen and oxygen atoms in total. The zero-order valence-electron chi connectivity index (χ0n) is 15.9. The molecule has 0 saturated heterocycles. The maximum atomic E-state index is 12.3. The van der Waals surface area contributed by atoms with Crippen LogP contribution in [0, 0.1) is 0 Å². The fourth-order valence-electron chi connectivity index (χ4n) is 3.71. The van der Waals surface area contributed by atoms with Crippen LogP contribution in [0.25, 0.3) is 0 Å². The minimum absolute atomic E-state index is 0.0254. The maximum absolute atomic E-state index is 12.3. The van der Waals surface area contributed by atoms with E-state index in [2.05, 4.69) is 5.32 Å². The van der Waals surface area contributed by atoms with Crippen molar-refractivity contribution in [1.82, 2.24) is 5.32 Å². The van der Waals surface area contributed by atoms with Crippen molar-refractivity contribution in [3.63, 3.8) is 0 Å². The van der Waals surface area contributed by atoms with Gasteiger partial charge < -0.3 is 5.32 Å². The molecule has 1 N–H and O–H groups in total. The first-order chi connectivity index (χ1) is 13.4. The minimum atomic E-state index is -3.41. The van der Waals surface area contributed by atoms with Gasteiger partial charge in [0.1, 0.15) is 5.75 Å². The van der Waals surface area contributed by atoms with E-state index in [-0.39, 0.29) is 11.2 Å². The number of amides is 1. The fraction of sp³-hybridized carbons (Fsp3) is 0.409. The van der Waals surface area contributed by atoms with Crippen LogP contribution < -0.4 is 5.32 Å². The average molecular weight is 420 g/mol. The van der Waals surface area contributed by atoms with Crippen LogP contribution in [-0.4, -0.2) is 32.4 Å². The number of hydrogen-bond donors (Lipinski definition) is 1. The number of halogens is 1. The topological polar surface area (TPSA) is 63.2 Å². The second-order valence-corrected chi connectivity index (χ2v) is 10.2. The van der Waals surface area contributed by atoms with Gasteiger partial charge in [0, 0.05) is 17.0 Å². The number of rotatable bonds is 9. The van der Waals surface area contributed by atoms with Crippen LogP contribution in [0.5, 0.6) is 0 Å². The van der Waals surface area contributed by atoms with Crippen LogP contribution >= 0.6 is 11.6 Å². The second-order valence-electron chi connectivity index (χ2n) is 7.60. The smallest absolute Gasteiger partial charge is 0.235 e. The summed E-state index contributed by atoms with van der Waals surface area (Å²) in [5.74, 6) is -0.837. The number of aryl methyl sites for hydroxylation is 1. The highest BCUT2D eigenvalue weighted by Gasteiger charge is 2.39. The second kappa shape index (κ2) is 9.10. The van der Waals surface area contributed by atoms with Gasteiger partial charge in [-0.1, -0.05) is 60.5 Å². The fourth-order valence-corrected chi connectivity index (χ4v) is 5.06. The molecule has 0 heterocycles. The molecule has 1 aliphatic carbocycles. The third-order valence-corrected chi connectivity index (χ3v) is 7.37. The van der Waals surface area contributed by atoms with E-state index in [1.165, 1.54) is 0 Å². The first-order valence-corrected chi connectivity index (χ1v) is 11.9. The van der Waals surface area contributed by atoms with E-state index in [4.69, 9.17) is 11.6 Å². The molecular formula is C22H26ClNO3S. The van der Waals surface area contributed by atoms with E-state index in [1.54, 1.807) is 0 Å². The van der Waals surface area contributed by atoms with Crippen molar-refractivity contribution in [2.75, 3.05) is 18.1 Å². The maximum Gasteiger partial charge on any atom is 0.235 e. The van der Waals surface area contributed by atoms with Gasteiger partial charge in [-0.05, 0) is 48.9 Å². The summed E-state index contributed by atoms with van der Waals surface area (Å²) in [6, 6.07) is 17.5. The van der Waals surface area contributed by atoms with Crippen LogP contribution in [0.3, 0.4) is 0 Å². The lowest BCUT2D eigenvalue weighted by molar-refractivity contribution is -0.119. The Morgan fingerprint density at radius 1 is 1.04 bits per heavy atom. The van der Waals surface area contributed by atoms with E-state index in [1.807, 2.05) is 54.6 Å². The number of benzene rings is 2. The molecular weight excluding hydrogens is 394 g/mol. The molecule has 1 saturated carbocycles. The Bertz CT molecular complexity index is 891. The van der Waals surface area contributed by atoms with Crippen molar-refractivity contribution < 1.29 is 13.2 Å². The highest BCUT2D eigenvalue weighted by Crippen LogP contribution is 2.43. The lowest BCUT2D eigenvalue weighted by Gasteiger charge is -2.42. The van der Waals surface area contributed by atoms with Crippen molar-refractivity contribution in [2.45, 2.75) is 37.5 Å².